The van der Waals surface area contributed by atoms with Crippen LogP contribution in [-0.4, -0.2) is 23.5 Å². The Bertz CT molecular complexity index is 768. The Balaban J connectivity index is 1.95. The van der Waals surface area contributed by atoms with Crippen LogP contribution in [0.1, 0.15) is 16.1 Å². The average Bonchev–Trinajstić information content (AvgIpc) is 2.50. The van der Waals surface area contributed by atoms with Crippen LogP contribution in [0.2, 0.25) is 10.0 Å². The molecule has 120 valence electrons. The molecular formula is C15H11Cl2IN2O3. The summed E-state index contributed by atoms with van der Waals surface area (Å²) >= 11 is 13.9. The van der Waals surface area contributed by atoms with Crippen molar-refractivity contribution in [2.24, 2.45) is 0 Å². The molecule has 1 N–H and O–H groups in total. The number of pyridine rings is 1. The Labute approximate surface area is 156 Å². The SMILES string of the molecule is Cc1nc(NC(=O)COC(=O)c2cccc(I)c2)c(Cl)cc1Cl. The highest BCUT2D eigenvalue weighted by Crippen LogP contribution is 2.25. The summed E-state index contributed by atoms with van der Waals surface area (Å²) in [6.07, 6.45) is 0. The molecule has 1 amide bonds. The summed E-state index contributed by atoms with van der Waals surface area (Å²) in [4.78, 5) is 27.8. The first-order chi connectivity index (χ1) is 10.9. The predicted octanol–water partition coefficient (Wildman–Crippen LogP) is 4.10. The monoisotopic (exact) mass is 464 g/mol. The maximum atomic E-state index is 11.9. The molecule has 5 nitrogen and oxygen atoms in total. The molecule has 0 aliphatic heterocycles. The van der Waals surface area contributed by atoms with Gasteiger partial charge < -0.3 is 10.1 Å². The van der Waals surface area contributed by atoms with Crippen LogP contribution in [0.4, 0.5) is 5.82 Å². The molecule has 0 atom stereocenters. The highest BCUT2D eigenvalue weighted by molar-refractivity contribution is 14.1. The molecule has 0 unspecified atom stereocenters. The van der Waals surface area contributed by atoms with Crippen LogP contribution < -0.4 is 5.32 Å². The molecule has 0 spiro atoms. The topological polar surface area (TPSA) is 68.3 Å². The summed E-state index contributed by atoms with van der Waals surface area (Å²) in [6.45, 7) is 1.25. The van der Waals surface area contributed by atoms with Crippen LogP contribution in [0.25, 0.3) is 0 Å². The lowest BCUT2D eigenvalue weighted by atomic mass is 10.2. The van der Waals surface area contributed by atoms with Crippen molar-refractivity contribution < 1.29 is 14.3 Å². The molecule has 23 heavy (non-hydrogen) atoms. The fourth-order valence-corrected chi connectivity index (χ4v) is 2.59. The Morgan fingerprint density at radius 3 is 2.70 bits per heavy atom. The van der Waals surface area contributed by atoms with Gasteiger partial charge in [-0.25, -0.2) is 9.78 Å². The third-order valence-electron chi connectivity index (χ3n) is 2.76. The van der Waals surface area contributed by atoms with E-state index < -0.39 is 18.5 Å². The number of carbonyl (C=O) groups excluding carboxylic acids is 2. The molecule has 0 bridgehead atoms. The Kier molecular flexibility index (Phi) is 6.20. The number of aryl methyl sites for hydroxylation is 1. The van der Waals surface area contributed by atoms with Gasteiger partial charge in [0.15, 0.2) is 12.4 Å². The normalized spacial score (nSPS) is 10.3. The van der Waals surface area contributed by atoms with Crippen LogP contribution in [0.5, 0.6) is 0 Å². The molecule has 1 aromatic heterocycles. The minimum atomic E-state index is -0.579. The predicted molar refractivity (Wildman–Crippen MR) is 97.1 cm³/mol. The number of nitrogens with one attached hydrogen (secondary N) is 1. The van der Waals surface area contributed by atoms with E-state index in [-0.39, 0.29) is 10.8 Å². The number of hydrogen-bond acceptors (Lipinski definition) is 4. The van der Waals surface area contributed by atoms with Gasteiger partial charge in [0, 0.05) is 3.57 Å². The lowest BCUT2D eigenvalue weighted by molar-refractivity contribution is -0.119. The Morgan fingerprint density at radius 2 is 2.00 bits per heavy atom. The number of nitrogens with zero attached hydrogens (tertiary/aromatic N) is 1. The zero-order valence-corrected chi connectivity index (χ0v) is 15.6. The number of halogens is 3. The number of benzene rings is 1. The fourth-order valence-electron chi connectivity index (χ4n) is 1.64. The molecule has 0 fully saturated rings. The standard InChI is InChI=1S/C15H11Cl2IN2O3/c1-8-11(16)6-12(17)14(19-8)20-13(21)7-23-15(22)9-3-2-4-10(18)5-9/h2-6H,7H2,1H3,(H,19,20,21). The highest BCUT2D eigenvalue weighted by Gasteiger charge is 2.13. The number of aromatic nitrogens is 1. The molecule has 2 aromatic rings. The van der Waals surface area contributed by atoms with Gasteiger partial charge in [-0.2, -0.15) is 0 Å². The van der Waals surface area contributed by atoms with Crippen LogP contribution in [-0.2, 0) is 9.53 Å². The van der Waals surface area contributed by atoms with Crippen LogP contribution in [0.15, 0.2) is 30.3 Å². The number of carbonyl (C=O) groups is 2. The van der Waals surface area contributed by atoms with Gasteiger partial charge in [-0.15, -0.1) is 0 Å². The molecule has 0 saturated heterocycles. The van der Waals surface area contributed by atoms with Gasteiger partial charge in [0.2, 0.25) is 0 Å². The van der Waals surface area contributed by atoms with Crippen LogP contribution in [0.3, 0.4) is 0 Å². The van der Waals surface area contributed by atoms with Crippen molar-refractivity contribution in [3.8, 4) is 0 Å². The van der Waals surface area contributed by atoms with Crippen molar-refractivity contribution in [3.05, 3.63) is 55.2 Å². The zero-order valence-electron chi connectivity index (χ0n) is 11.9. The van der Waals surface area contributed by atoms with E-state index in [1.165, 1.54) is 6.07 Å². The quantitative estimate of drug-likeness (QED) is 0.546. The minimum Gasteiger partial charge on any atom is -0.452 e. The molecule has 1 heterocycles. The van der Waals surface area contributed by atoms with Crippen molar-refractivity contribution in [3.63, 3.8) is 0 Å². The second-order valence-electron chi connectivity index (χ2n) is 4.52. The molecule has 0 radical (unpaired) electrons. The van der Waals surface area contributed by atoms with Crippen LogP contribution in [0, 0.1) is 10.5 Å². The molecule has 2 rings (SSSR count). The van der Waals surface area contributed by atoms with Gasteiger partial charge in [0.05, 0.1) is 21.3 Å². The van der Waals surface area contributed by atoms with Crippen molar-refractivity contribution in [1.29, 1.82) is 0 Å². The molecule has 0 aliphatic carbocycles. The lowest BCUT2D eigenvalue weighted by Crippen LogP contribution is -2.21. The maximum Gasteiger partial charge on any atom is 0.338 e. The van der Waals surface area contributed by atoms with Gasteiger partial charge in [-0.3, -0.25) is 4.79 Å². The van der Waals surface area contributed by atoms with Crippen molar-refractivity contribution in [1.82, 2.24) is 4.98 Å². The zero-order chi connectivity index (χ0) is 17.0. The highest BCUT2D eigenvalue weighted by atomic mass is 127. The van der Waals surface area contributed by atoms with Gasteiger partial charge in [0.25, 0.3) is 5.91 Å². The van der Waals surface area contributed by atoms with E-state index in [1.54, 1.807) is 25.1 Å². The summed E-state index contributed by atoms with van der Waals surface area (Å²) in [5, 5.41) is 3.08. The number of esters is 1. The molecule has 1 aromatic carbocycles. The van der Waals surface area contributed by atoms with Crippen LogP contribution >= 0.6 is 45.8 Å². The van der Waals surface area contributed by atoms with Gasteiger partial charge in [-0.1, -0.05) is 29.3 Å². The lowest BCUT2D eigenvalue weighted by Gasteiger charge is -2.09. The van der Waals surface area contributed by atoms with E-state index in [2.05, 4.69) is 32.9 Å². The molecule has 8 heteroatoms. The third-order valence-corrected chi connectivity index (χ3v) is 4.10. The summed E-state index contributed by atoms with van der Waals surface area (Å²) in [6, 6.07) is 8.35. The minimum absolute atomic E-state index is 0.170. The Morgan fingerprint density at radius 1 is 1.26 bits per heavy atom. The average molecular weight is 465 g/mol. The van der Waals surface area contributed by atoms with Gasteiger partial charge in [0.1, 0.15) is 0 Å². The molecule has 0 saturated carbocycles. The number of rotatable bonds is 4. The summed E-state index contributed by atoms with van der Waals surface area (Å²) in [7, 11) is 0. The van der Waals surface area contributed by atoms with Crippen molar-refractivity contribution >= 4 is 63.5 Å². The number of amides is 1. The van der Waals surface area contributed by atoms with Crippen molar-refractivity contribution in [2.45, 2.75) is 6.92 Å². The summed E-state index contributed by atoms with van der Waals surface area (Å²) < 4.78 is 5.86. The maximum absolute atomic E-state index is 11.9. The van der Waals surface area contributed by atoms with E-state index in [1.807, 2.05) is 6.07 Å². The van der Waals surface area contributed by atoms with E-state index >= 15 is 0 Å². The second-order valence-corrected chi connectivity index (χ2v) is 6.58. The number of hydrogen-bond donors (Lipinski definition) is 1. The van der Waals surface area contributed by atoms with Crippen molar-refractivity contribution in [2.75, 3.05) is 11.9 Å². The fraction of sp³-hybridized carbons (Fsp3) is 0.133. The van der Waals surface area contributed by atoms with E-state index in [9.17, 15) is 9.59 Å². The van der Waals surface area contributed by atoms with E-state index in [4.69, 9.17) is 27.9 Å². The molecule has 0 aliphatic rings. The second kappa shape index (κ2) is 7.94. The first-order valence-electron chi connectivity index (χ1n) is 6.42. The van der Waals surface area contributed by atoms with E-state index in [0.717, 1.165) is 3.57 Å². The largest absolute Gasteiger partial charge is 0.452 e. The van der Waals surface area contributed by atoms with E-state index in [0.29, 0.717) is 16.3 Å². The number of ether oxygens (including phenoxy) is 1. The first-order valence-corrected chi connectivity index (χ1v) is 8.25. The third kappa shape index (κ3) is 5.05. The Hall–Kier alpha value is -1.38. The molecular weight excluding hydrogens is 454 g/mol. The summed E-state index contributed by atoms with van der Waals surface area (Å²) in [5.41, 5.74) is 0.908. The first kappa shape index (κ1) is 18.0. The van der Waals surface area contributed by atoms with Gasteiger partial charge >= 0.3 is 5.97 Å². The van der Waals surface area contributed by atoms with Gasteiger partial charge in [-0.05, 0) is 53.8 Å². The summed E-state index contributed by atoms with van der Waals surface area (Å²) in [5.74, 6) is -0.950. The number of anilines is 1. The smallest absolute Gasteiger partial charge is 0.338 e.